The smallest absolute Gasteiger partial charge is 0.305 e. The van der Waals surface area contributed by atoms with E-state index in [1.165, 1.54) is 44.2 Å². The molecule has 1 rings (SSSR count). The number of benzene rings is 1. The number of aryl methyl sites for hydroxylation is 2. The van der Waals surface area contributed by atoms with Gasteiger partial charge in [0, 0.05) is 0 Å². The van der Waals surface area contributed by atoms with Gasteiger partial charge in [-0.1, -0.05) is 45.6 Å². The van der Waals surface area contributed by atoms with Gasteiger partial charge in [0.15, 0.2) is 0 Å². The first kappa shape index (κ1) is 21.0. The third-order valence-electron chi connectivity index (χ3n) is 4.26. The lowest BCUT2D eigenvalue weighted by molar-refractivity contribution is 0.178. The summed E-state index contributed by atoms with van der Waals surface area (Å²) in [4.78, 5) is -1.66. The van der Waals surface area contributed by atoms with E-state index < -0.39 is 15.1 Å². The molecule has 0 aliphatic heterocycles. The second kappa shape index (κ2) is 9.42. The maximum Gasteiger partial charge on any atom is 0.305 e. The van der Waals surface area contributed by atoms with Crippen LogP contribution in [0.4, 0.5) is 0 Å². The Balaban J connectivity index is 2.96. The highest BCUT2D eigenvalue weighted by Crippen LogP contribution is 2.27. The van der Waals surface area contributed by atoms with Crippen molar-refractivity contribution in [3.63, 3.8) is 0 Å². The minimum atomic E-state index is -4.28. The Labute approximate surface area is 147 Å². The molecule has 24 heavy (non-hydrogen) atoms. The lowest BCUT2D eigenvalue weighted by Crippen LogP contribution is -2.37. The van der Waals surface area contributed by atoms with Gasteiger partial charge in [-0.25, -0.2) is 0 Å². The predicted octanol–water partition coefficient (Wildman–Crippen LogP) is 5.15. The molecule has 0 unspecified atom stereocenters. The van der Waals surface area contributed by atoms with E-state index in [2.05, 4.69) is 13.8 Å². The molecule has 138 valence electrons. The highest BCUT2D eigenvalue weighted by molar-refractivity contribution is 7.87. The molecular weight excluding hydrogens is 324 g/mol. The standard InChI is InChI=1S/C19H32O4S/c1-5-7-9-11-16-13-14-18(15-17(16)12-10-8-6-2)23-19(3,4)24(20,21)22/h13-15H,5-12H2,1-4H3,(H,20,21,22). The maximum absolute atomic E-state index is 11.4. The third-order valence-corrected chi connectivity index (χ3v) is 5.59. The molecule has 5 heteroatoms. The van der Waals surface area contributed by atoms with E-state index in [9.17, 15) is 13.0 Å². The molecule has 0 aliphatic carbocycles. The SMILES string of the molecule is CCCCCc1ccc(OC(C)(C)S(=O)(=O)O)cc1CCCCC. The van der Waals surface area contributed by atoms with E-state index in [-0.39, 0.29) is 0 Å². The first-order chi connectivity index (χ1) is 11.2. The molecule has 0 heterocycles. The van der Waals surface area contributed by atoms with E-state index in [1.54, 1.807) is 6.07 Å². The van der Waals surface area contributed by atoms with Gasteiger partial charge in [0.1, 0.15) is 5.75 Å². The van der Waals surface area contributed by atoms with Gasteiger partial charge >= 0.3 is 10.1 Å². The number of unbranched alkanes of at least 4 members (excludes halogenated alkanes) is 4. The van der Waals surface area contributed by atoms with Crippen LogP contribution < -0.4 is 4.74 Å². The van der Waals surface area contributed by atoms with Gasteiger partial charge < -0.3 is 4.74 Å². The summed E-state index contributed by atoms with van der Waals surface area (Å²) in [5.41, 5.74) is 2.54. The fourth-order valence-corrected chi connectivity index (χ4v) is 2.81. The van der Waals surface area contributed by atoms with Crippen molar-refractivity contribution in [2.75, 3.05) is 0 Å². The van der Waals surface area contributed by atoms with Crippen LogP contribution in [0.25, 0.3) is 0 Å². The van der Waals surface area contributed by atoms with Crippen LogP contribution in [0.3, 0.4) is 0 Å². The molecule has 0 spiro atoms. The number of rotatable bonds is 11. The van der Waals surface area contributed by atoms with Crippen LogP contribution in [0.1, 0.15) is 77.3 Å². The first-order valence-corrected chi connectivity index (χ1v) is 10.4. The Kier molecular flexibility index (Phi) is 8.23. The van der Waals surface area contributed by atoms with Crippen molar-refractivity contribution in [2.24, 2.45) is 0 Å². The van der Waals surface area contributed by atoms with E-state index in [1.807, 2.05) is 12.1 Å². The summed E-state index contributed by atoms with van der Waals surface area (Å²) in [6.45, 7) is 7.08. The second-order valence-corrected chi connectivity index (χ2v) is 8.75. The second-order valence-electron chi connectivity index (χ2n) is 6.82. The summed E-state index contributed by atoms with van der Waals surface area (Å²) in [5, 5.41) is 0. The van der Waals surface area contributed by atoms with E-state index in [0.717, 1.165) is 32.1 Å². The zero-order valence-corrected chi connectivity index (χ0v) is 16.3. The van der Waals surface area contributed by atoms with Crippen LogP contribution >= 0.6 is 0 Å². The molecule has 1 aromatic rings. The van der Waals surface area contributed by atoms with Crippen molar-refractivity contribution in [1.82, 2.24) is 0 Å². The van der Waals surface area contributed by atoms with Crippen LogP contribution in [0, 0.1) is 0 Å². The van der Waals surface area contributed by atoms with Crippen LogP contribution in [-0.4, -0.2) is 17.9 Å². The van der Waals surface area contributed by atoms with Crippen molar-refractivity contribution < 1.29 is 17.7 Å². The van der Waals surface area contributed by atoms with Crippen molar-refractivity contribution in [3.8, 4) is 5.75 Å². The average Bonchev–Trinajstić information content (AvgIpc) is 2.48. The molecule has 0 fully saturated rings. The molecule has 0 bridgehead atoms. The molecule has 0 radical (unpaired) electrons. The lowest BCUT2D eigenvalue weighted by atomic mass is 9.97. The van der Waals surface area contributed by atoms with Crippen LogP contribution in [0.5, 0.6) is 5.75 Å². The molecule has 0 saturated heterocycles. The largest absolute Gasteiger partial charge is 0.469 e. The quantitative estimate of drug-likeness (QED) is 0.440. The Morgan fingerprint density at radius 2 is 1.50 bits per heavy atom. The summed E-state index contributed by atoms with van der Waals surface area (Å²) in [6, 6.07) is 5.77. The monoisotopic (exact) mass is 356 g/mol. The molecule has 1 N–H and O–H groups in total. The fourth-order valence-electron chi connectivity index (χ4n) is 2.61. The topological polar surface area (TPSA) is 63.6 Å². The minimum Gasteiger partial charge on any atom is -0.469 e. The zero-order chi connectivity index (χ0) is 18.2. The predicted molar refractivity (Wildman–Crippen MR) is 99.2 cm³/mol. The summed E-state index contributed by atoms with van der Waals surface area (Å²) >= 11 is 0. The molecule has 1 aromatic carbocycles. The summed E-state index contributed by atoms with van der Waals surface area (Å²) in [5.74, 6) is 0.489. The number of ether oxygens (including phenoxy) is 1. The van der Waals surface area contributed by atoms with Gasteiger partial charge in [-0.3, -0.25) is 4.55 Å². The van der Waals surface area contributed by atoms with Gasteiger partial charge in [0.05, 0.1) is 0 Å². The summed E-state index contributed by atoms with van der Waals surface area (Å²) in [7, 11) is -4.28. The van der Waals surface area contributed by atoms with Gasteiger partial charge in [0.2, 0.25) is 4.93 Å². The molecule has 0 amide bonds. The van der Waals surface area contributed by atoms with Gasteiger partial charge in [0.25, 0.3) is 0 Å². The molecule has 0 aliphatic rings. The summed E-state index contributed by atoms with van der Waals surface area (Å²) in [6.07, 6.45) is 9.02. The molecular formula is C19H32O4S. The Hall–Kier alpha value is -1.07. The Bertz CT molecular complexity index is 606. The molecule has 4 nitrogen and oxygen atoms in total. The minimum absolute atomic E-state index is 0.489. The van der Waals surface area contributed by atoms with Crippen LogP contribution in [-0.2, 0) is 23.0 Å². The zero-order valence-electron chi connectivity index (χ0n) is 15.5. The number of hydrogen-bond donors (Lipinski definition) is 1. The molecule has 0 atom stereocenters. The molecule has 0 aromatic heterocycles. The van der Waals surface area contributed by atoms with Crippen LogP contribution in [0.2, 0.25) is 0 Å². The Morgan fingerprint density at radius 1 is 0.958 bits per heavy atom. The van der Waals surface area contributed by atoms with Crippen molar-refractivity contribution >= 4 is 10.1 Å². The lowest BCUT2D eigenvalue weighted by Gasteiger charge is -2.23. The van der Waals surface area contributed by atoms with Crippen molar-refractivity contribution in [1.29, 1.82) is 0 Å². The van der Waals surface area contributed by atoms with Gasteiger partial charge in [-0.05, 0) is 62.8 Å². The fraction of sp³-hybridized carbons (Fsp3) is 0.684. The highest BCUT2D eigenvalue weighted by atomic mass is 32.2. The molecule has 0 saturated carbocycles. The Morgan fingerprint density at radius 3 is 2.00 bits per heavy atom. The third kappa shape index (κ3) is 6.44. The van der Waals surface area contributed by atoms with Crippen molar-refractivity contribution in [2.45, 2.75) is 84.0 Å². The number of hydrogen-bond acceptors (Lipinski definition) is 3. The first-order valence-electron chi connectivity index (χ1n) is 8.99. The van der Waals surface area contributed by atoms with Gasteiger partial charge in [-0.2, -0.15) is 8.42 Å². The van der Waals surface area contributed by atoms with E-state index in [4.69, 9.17) is 4.74 Å². The maximum atomic E-state index is 11.4. The highest BCUT2D eigenvalue weighted by Gasteiger charge is 2.35. The van der Waals surface area contributed by atoms with E-state index in [0.29, 0.717) is 5.75 Å². The summed E-state index contributed by atoms with van der Waals surface area (Å²) < 4.78 is 37.7. The van der Waals surface area contributed by atoms with Gasteiger partial charge in [-0.15, -0.1) is 0 Å². The van der Waals surface area contributed by atoms with Crippen LogP contribution in [0.15, 0.2) is 18.2 Å². The normalized spacial score (nSPS) is 12.4. The van der Waals surface area contributed by atoms with Crippen molar-refractivity contribution in [3.05, 3.63) is 29.3 Å². The van der Waals surface area contributed by atoms with E-state index >= 15 is 0 Å². The average molecular weight is 357 g/mol.